The van der Waals surface area contributed by atoms with Crippen LogP contribution in [-0.4, -0.2) is 64.4 Å². The smallest absolute Gasteiger partial charge is 0.310 e. The van der Waals surface area contributed by atoms with Gasteiger partial charge in [0.1, 0.15) is 17.7 Å². The van der Waals surface area contributed by atoms with Crippen LogP contribution in [0.1, 0.15) is 12.2 Å². The van der Waals surface area contributed by atoms with Crippen LogP contribution in [0.15, 0.2) is 41.6 Å². The molecule has 0 atom stereocenters. The molecule has 1 aliphatic heterocycles. The number of morpholine rings is 1. The molecule has 2 aromatic heterocycles. The number of aromatic nitrogens is 3. The lowest BCUT2D eigenvalue weighted by atomic mass is 10.2. The van der Waals surface area contributed by atoms with E-state index < -0.39 is 20.9 Å². The third-order valence-corrected chi connectivity index (χ3v) is 7.29. The Kier molecular flexibility index (Phi) is 6.35. The van der Waals surface area contributed by atoms with Crippen molar-refractivity contribution in [2.45, 2.75) is 17.7 Å². The topological polar surface area (TPSA) is 150 Å². The maximum absolute atomic E-state index is 12.9. The van der Waals surface area contributed by atoms with E-state index in [1.165, 1.54) is 22.6 Å². The van der Waals surface area contributed by atoms with E-state index in [1.807, 2.05) is 0 Å². The number of hydrogen-bond donors (Lipinski definition) is 1. The van der Waals surface area contributed by atoms with E-state index in [0.717, 1.165) is 11.7 Å². The molecule has 33 heavy (non-hydrogen) atoms. The Morgan fingerprint density at radius 1 is 1.27 bits per heavy atom. The summed E-state index contributed by atoms with van der Waals surface area (Å²) < 4.78 is 34.3. The predicted molar refractivity (Wildman–Crippen MR) is 118 cm³/mol. The van der Waals surface area contributed by atoms with Gasteiger partial charge in [-0.1, -0.05) is 0 Å². The summed E-state index contributed by atoms with van der Waals surface area (Å²) in [6, 6.07) is 6.14. The second kappa shape index (κ2) is 9.21. The molecule has 1 aliphatic rings. The van der Waals surface area contributed by atoms with Gasteiger partial charge in [0.2, 0.25) is 15.9 Å². The first kappa shape index (κ1) is 22.8. The SMILES string of the molecule is Cn1c(CCC(=O)Nc2ccncc2[N+](=O)[O-])nc2cc(S(=O)(=O)N3CCOCC3)ccc21. The molecule has 0 aliphatic carbocycles. The number of hydrogen-bond acceptors (Lipinski definition) is 8. The summed E-state index contributed by atoms with van der Waals surface area (Å²) in [7, 11) is -1.86. The van der Waals surface area contributed by atoms with Gasteiger partial charge in [-0.15, -0.1) is 0 Å². The molecule has 4 rings (SSSR count). The van der Waals surface area contributed by atoms with Gasteiger partial charge in [-0.2, -0.15) is 4.31 Å². The van der Waals surface area contributed by atoms with Gasteiger partial charge in [0.15, 0.2) is 0 Å². The van der Waals surface area contributed by atoms with Crippen molar-refractivity contribution >= 4 is 38.3 Å². The number of pyridine rings is 1. The molecule has 1 saturated heterocycles. The van der Waals surface area contributed by atoms with E-state index in [0.29, 0.717) is 37.6 Å². The zero-order valence-electron chi connectivity index (χ0n) is 17.8. The molecular formula is C20H22N6O6S. The predicted octanol–water partition coefficient (Wildman–Crippen LogP) is 1.47. The minimum Gasteiger partial charge on any atom is -0.379 e. The second-order valence-electron chi connectivity index (χ2n) is 7.45. The minimum atomic E-state index is -3.65. The molecule has 0 saturated carbocycles. The van der Waals surface area contributed by atoms with Crippen molar-refractivity contribution in [1.82, 2.24) is 18.8 Å². The van der Waals surface area contributed by atoms with Gasteiger partial charge in [-0.25, -0.2) is 13.4 Å². The number of imidazole rings is 1. The number of amides is 1. The van der Waals surface area contributed by atoms with Crippen molar-refractivity contribution in [3.63, 3.8) is 0 Å². The Bertz CT molecular complexity index is 1320. The highest BCUT2D eigenvalue weighted by molar-refractivity contribution is 7.89. The fraction of sp³-hybridized carbons (Fsp3) is 0.350. The number of fused-ring (bicyclic) bond motifs is 1. The van der Waals surface area contributed by atoms with E-state index in [2.05, 4.69) is 15.3 Å². The van der Waals surface area contributed by atoms with Crippen LogP contribution < -0.4 is 5.32 Å². The summed E-state index contributed by atoms with van der Waals surface area (Å²) in [6.07, 6.45) is 2.73. The Balaban J connectivity index is 1.49. The molecule has 1 N–H and O–H groups in total. The number of rotatable bonds is 7. The summed E-state index contributed by atoms with van der Waals surface area (Å²) in [5.41, 5.74) is 1.02. The van der Waals surface area contributed by atoms with Crippen molar-refractivity contribution in [3.05, 3.63) is 52.6 Å². The van der Waals surface area contributed by atoms with Gasteiger partial charge in [0.05, 0.1) is 34.1 Å². The average Bonchev–Trinajstić information content (AvgIpc) is 3.13. The fourth-order valence-corrected chi connectivity index (χ4v) is 5.05. The van der Waals surface area contributed by atoms with Crippen LogP contribution in [0.2, 0.25) is 0 Å². The molecule has 0 radical (unpaired) electrons. The fourth-order valence-electron chi connectivity index (χ4n) is 3.62. The molecule has 3 aromatic rings. The number of nitrogens with zero attached hydrogens (tertiary/aromatic N) is 5. The number of nitro groups is 1. The molecule has 1 amide bonds. The molecule has 13 heteroatoms. The molecule has 174 valence electrons. The molecule has 1 fully saturated rings. The normalized spacial score (nSPS) is 14.9. The lowest BCUT2D eigenvalue weighted by molar-refractivity contribution is -0.384. The summed E-state index contributed by atoms with van der Waals surface area (Å²) in [6.45, 7) is 1.33. The number of benzene rings is 1. The maximum atomic E-state index is 12.9. The van der Waals surface area contributed by atoms with Crippen LogP contribution in [0.3, 0.4) is 0 Å². The number of carbonyl (C=O) groups excluding carboxylic acids is 1. The van der Waals surface area contributed by atoms with Crippen LogP contribution in [-0.2, 0) is 33.0 Å². The Hall–Kier alpha value is -3.42. The van der Waals surface area contributed by atoms with E-state index >= 15 is 0 Å². The summed E-state index contributed by atoms with van der Waals surface area (Å²) in [5.74, 6) is 0.178. The molecule has 12 nitrogen and oxygen atoms in total. The standard InChI is InChI=1S/C20H22N6O6S/c1-24-17-3-2-14(33(30,31)25-8-10-32-11-9-25)12-16(17)22-19(24)4-5-20(27)23-15-6-7-21-13-18(15)26(28)29/h2-3,6-7,12-13H,4-5,8-11H2,1H3,(H,21,23,27). The van der Waals surface area contributed by atoms with Crippen molar-refractivity contribution in [3.8, 4) is 0 Å². The van der Waals surface area contributed by atoms with Crippen molar-refractivity contribution in [2.75, 3.05) is 31.6 Å². The largest absolute Gasteiger partial charge is 0.379 e. The third kappa shape index (κ3) is 4.69. The van der Waals surface area contributed by atoms with Crippen molar-refractivity contribution in [2.24, 2.45) is 7.05 Å². The summed E-state index contributed by atoms with van der Waals surface area (Å²) in [5, 5.41) is 13.6. The van der Waals surface area contributed by atoms with Crippen LogP contribution in [0.4, 0.5) is 11.4 Å². The molecule has 3 heterocycles. The third-order valence-electron chi connectivity index (χ3n) is 5.40. The van der Waals surface area contributed by atoms with Crippen LogP contribution >= 0.6 is 0 Å². The quantitative estimate of drug-likeness (QED) is 0.399. The summed E-state index contributed by atoms with van der Waals surface area (Å²) >= 11 is 0. The number of anilines is 1. The van der Waals surface area contributed by atoms with Gasteiger partial charge in [0, 0.05) is 39.2 Å². The lowest BCUT2D eigenvalue weighted by Gasteiger charge is -2.26. The van der Waals surface area contributed by atoms with Gasteiger partial charge in [-0.05, 0) is 24.3 Å². The van der Waals surface area contributed by atoms with Gasteiger partial charge < -0.3 is 14.6 Å². The average molecular weight is 474 g/mol. The van der Waals surface area contributed by atoms with Gasteiger partial charge in [-0.3, -0.25) is 19.9 Å². The van der Waals surface area contributed by atoms with Gasteiger partial charge in [0.25, 0.3) is 0 Å². The first-order valence-corrected chi connectivity index (χ1v) is 11.6. The first-order valence-electron chi connectivity index (χ1n) is 10.2. The minimum absolute atomic E-state index is 0.0373. The number of aryl methyl sites for hydroxylation is 2. The van der Waals surface area contributed by atoms with Crippen molar-refractivity contribution < 1.29 is 22.9 Å². The van der Waals surface area contributed by atoms with E-state index in [1.54, 1.807) is 23.7 Å². The molecular weight excluding hydrogens is 452 g/mol. The molecule has 0 spiro atoms. The Morgan fingerprint density at radius 2 is 2.03 bits per heavy atom. The highest BCUT2D eigenvalue weighted by atomic mass is 32.2. The van der Waals surface area contributed by atoms with Crippen LogP contribution in [0.25, 0.3) is 11.0 Å². The number of nitrogens with one attached hydrogen (secondary N) is 1. The second-order valence-corrected chi connectivity index (χ2v) is 9.39. The van der Waals surface area contributed by atoms with E-state index in [4.69, 9.17) is 4.74 Å². The maximum Gasteiger partial charge on any atom is 0.310 e. The number of carbonyl (C=O) groups is 1. The first-order chi connectivity index (χ1) is 15.8. The van der Waals surface area contributed by atoms with Gasteiger partial charge >= 0.3 is 5.69 Å². The number of sulfonamides is 1. The molecule has 1 aromatic carbocycles. The highest BCUT2D eigenvalue weighted by Gasteiger charge is 2.27. The summed E-state index contributed by atoms with van der Waals surface area (Å²) in [4.78, 5) is 31.2. The molecule has 0 unspecified atom stereocenters. The monoisotopic (exact) mass is 474 g/mol. The zero-order chi connectivity index (χ0) is 23.6. The molecule has 0 bridgehead atoms. The lowest BCUT2D eigenvalue weighted by Crippen LogP contribution is -2.40. The Morgan fingerprint density at radius 3 is 2.76 bits per heavy atom. The van der Waals surface area contributed by atoms with Crippen LogP contribution in [0, 0.1) is 10.1 Å². The number of ether oxygens (including phenoxy) is 1. The Labute approximate surface area is 189 Å². The van der Waals surface area contributed by atoms with Crippen molar-refractivity contribution in [1.29, 1.82) is 0 Å². The highest BCUT2D eigenvalue weighted by Crippen LogP contribution is 2.24. The van der Waals surface area contributed by atoms with E-state index in [9.17, 15) is 23.3 Å². The van der Waals surface area contributed by atoms with Crippen LogP contribution in [0.5, 0.6) is 0 Å². The van der Waals surface area contributed by atoms with E-state index in [-0.39, 0.29) is 29.1 Å². The zero-order valence-corrected chi connectivity index (χ0v) is 18.6.